The average molecular weight is 537 g/mol. The van der Waals surface area contributed by atoms with E-state index in [1.165, 1.54) is 53.4 Å². The van der Waals surface area contributed by atoms with Crippen molar-refractivity contribution in [3.05, 3.63) is 88.4 Å². The number of urea groups is 1. The molecule has 1 saturated heterocycles. The Morgan fingerprint density at radius 2 is 1.97 bits per heavy atom. The Bertz CT molecular complexity index is 1580. The number of nitrogens with one attached hydrogen (secondary N) is 2. The molecular weight excluding hydrogens is 515 g/mol. The van der Waals surface area contributed by atoms with Crippen molar-refractivity contribution in [1.29, 1.82) is 0 Å². The molecule has 1 aliphatic heterocycles. The van der Waals surface area contributed by atoms with Crippen molar-refractivity contribution in [2.24, 2.45) is 0 Å². The van der Waals surface area contributed by atoms with Crippen molar-refractivity contribution in [1.82, 2.24) is 19.4 Å². The maximum atomic E-state index is 15.1. The molecule has 3 aromatic heterocycles. The zero-order valence-corrected chi connectivity index (χ0v) is 20.9. The highest BCUT2D eigenvalue weighted by Crippen LogP contribution is 2.25. The number of fused-ring (bicyclic) bond motifs is 1. The molecule has 12 heteroatoms. The third-order valence-corrected chi connectivity index (χ3v) is 6.54. The number of hydrogen-bond acceptors (Lipinski definition) is 6. The molecule has 1 aromatic carbocycles. The van der Waals surface area contributed by atoms with Gasteiger partial charge in [-0.15, -0.1) is 0 Å². The maximum absolute atomic E-state index is 15.1. The van der Waals surface area contributed by atoms with Gasteiger partial charge in [0.15, 0.2) is 0 Å². The Hall–Kier alpha value is -4.35. The SMILES string of the molecule is CO[C@@H]1C[C@H](C(=O)Nc2ccc(-n3ccc4cnccc4c3=O)cc2F)N(C(=O)Nc2ccc(Cl)cn2)C1. The van der Waals surface area contributed by atoms with Crippen molar-refractivity contribution in [3.63, 3.8) is 0 Å². The molecule has 1 aliphatic rings. The van der Waals surface area contributed by atoms with Crippen LogP contribution in [0, 0.1) is 5.82 Å². The number of anilines is 2. The number of halogens is 2. The lowest BCUT2D eigenvalue weighted by atomic mass is 10.1. The fourth-order valence-electron chi connectivity index (χ4n) is 4.33. The van der Waals surface area contributed by atoms with E-state index in [1.54, 1.807) is 24.4 Å². The minimum atomic E-state index is -0.914. The van der Waals surface area contributed by atoms with Gasteiger partial charge in [-0.2, -0.15) is 0 Å². The highest BCUT2D eigenvalue weighted by atomic mass is 35.5. The number of likely N-dealkylation sites (tertiary alicyclic amines) is 1. The van der Waals surface area contributed by atoms with Crippen molar-refractivity contribution in [3.8, 4) is 5.69 Å². The number of nitrogens with zero attached hydrogens (tertiary/aromatic N) is 4. The molecule has 3 amide bonds. The first-order chi connectivity index (χ1) is 18.3. The molecule has 4 heterocycles. The Labute approximate surface area is 221 Å². The largest absolute Gasteiger partial charge is 0.380 e. The predicted molar refractivity (Wildman–Crippen MR) is 140 cm³/mol. The molecule has 5 rings (SSSR count). The fourth-order valence-corrected chi connectivity index (χ4v) is 4.45. The lowest BCUT2D eigenvalue weighted by Crippen LogP contribution is -2.45. The predicted octanol–water partition coefficient (Wildman–Crippen LogP) is 3.83. The van der Waals surface area contributed by atoms with Crippen LogP contribution in [0.15, 0.2) is 72.0 Å². The monoisotopic (exact) mass is 536 g/mol. The molecule has 38 heavy (non-hydrogen) atoms. The molecule has 1 fully saturated rings. The van der Waals surface area contributed by atoms with Crippen LogP contribution in [0.2, 0.25) is 5.02 Å². The molecule has 2 N–H and O–H groups in total. The van der Waals surface area contributed by atoms with Crippen LogP contribution < -0.4 is 16.2 Å². The van der Waals surface area contributed by atoms with E-state index in [2.05, 4.69) is 20.6 Å². The van der Waals surface area contributed by atoms with Crippen LogP contribution in [-0.4, -0.2) is 57.2 Å². The lowest BCUT2D eigenvalue weighted by Gasteiger charge is -2.24. The van der Waals surface area contributed by atoms with Crippen LogP contribution in [-0.2, 0) is 9.53 Å². The second-order valence-electron chi connectivity index (χ2n) is 8.66. The summed E-state index contributed by atoms with van der Waals surface area (Å²) in [5.41, 5.74) is -0.118. The van der Waals surface area contributed by atoms with Crippen molar-refractivity contribution >= 4 is 45.8 Å². The number of pyridine rings is 3. The molecule has 194 valence electrons. The first kappa shape index (κ1) is 25.3. The van der Waals surface area contributed by atoms with E-state index in [9.17, 15) is 14.4 Å². The van der Waals surface area contributed by atoms with Crippen LogP contribution in [0.4, 0.5) is 20.7 Å². The van der Waals surface area contributed by atoms with Gasteiger partial charge in [0.05, 0.1) is 27.9 Å². The van der Waals surface area contributed by atoms with Gasteiger partial charge in [0.1, 0.15) is 17.7 Å². The fraction of sp³-hybridized carbons (Fsp3) is 0.192. The van der Waals surface area contributed by atoms with E-state index >= 15 is 4.39 Å². The van der Waals surface area contributed by atoms with Gasteiger partial charge in [-0.3, -0.25) is 24.5 Å². The smallest absolute Gasteiger partial charge is 0.323 e. The third kappa shape index (κ3) is 5.06. The van der Waals surface area contributed by atoms with Crippen LogP contribution in [0.25, 0.3) is 16.5 Å². The van der Waals surface area contributed by atoms with E-state index in [1.807, 2.05) is 0 Å². The highest BCUT2D eigenvalue weighted by Gasteiger charge is 2.40. The number of aromatic nitrogens is 3. The van der Waals surface area contributed by atoms with Gasteiger partial charge < -0.3 is 15.0 Å². The van der Waals surface area contributed by atoms with E-state index in [0.29, 0.717) is 21.5 Å². The Kier molecular flexibility index (Phi) is 7.03. The number of amides is 3. The van der Waals surface area contributed by atoms with E-state index < -0.39 is 23.8 Å². The second kappa shape index (κ2) is 10.6. The van der Waals surface area contributed by atoms with Gasteiger partial charge in [-0.05, 0) is 36.4 Å². The van der Waals surface area contributed by atoms with Gasteiger partial charge in [-0.1, -0.05) is 11.6 Å². The van der Waals surface area contributed by atoms with Crippen LogP contribution in [0.3, 0.4) is 0 Å². The zero-order valence-electron chi connectivity index (χ0n) is 20.1. The second-order valence-corrected chi connectivity index (χ2v) is 9.10. The quantitative estimate of drug-likeness (QED) is 0.400. The van der Waals surface area contributed by atoms with E-state index in [-0.39, 0.29) is 36.1 Å². The number of carbonyl (C=O) groups excluding carboxylic acids is 2. The maximum Gasteiger partial charge on any atom is 0.323 e. The standard InChI is InChI=1S/C26H22ClFN6O4/c1-38-18-11-22(34(14-18)26(37)32-23-5-2-16(27)13-30-23)24(35)31-21-4-3-17(10-20(21)28)33-9-7-15-12-29-8-6-19(15)25(33)36/h2-10,12-13,18,22H,11,14H2,1H3,(H,31,35)(H,30,32,37)/t18-,22-/m1/s1. The summed E-state index contributed by atoms with van der Waals surface area (Å²) < 4.78 is 21.8. The summed E-state index contributed by atoms with van der Waals surface area (Å²) in [6, 6.07) is 9.01. The van der Waals surface area contributed by atoms with Gasteiger partial charge >= 0.3 is 6.03 Å². The summed E-state index contributed by atoms with van der Waals surface area (Å²) in [5, 5.41) is 6.72. The molecular formula is C26H22ClFN6O4. The number of methoxy groups -OCH3 is 1. The Morgan fingerprint density at radius 1 is 1.13 bits per heavy atom. The first-order valence-electron chi connectivity index (χ1n) is 11.6. The zero-order chi connectivity index (χ0) is 26.8. The molecule has 10 nitrogen and oxygen atoms in total. The molecule has 2 atom stereocenters. The minimum absolute atomic E-state index is 0.0858. The average Bonchev–Trinajstić information content (AvgIpc) is 3.37. The van der Waals surface area contributed by atoms with E-state index in [4.69, 9.17) is 16.3 Å². The Balaban J connectivity index is 1.34. The van der Waals surface area contributed by atoms with Crippen LogP contribution in [0.1, 0.15) is 6.42 Å². The lowest BCUT2D eigenvalue weighted by molar-refractivity contribution is -0.119. The van der Waals surface area contributed by atoms with Crippen LogP contribution in [0.5, 0.6) is 0 Å². The summed E-state index contributed by atoms with van der Waals surface area (Å²) >= 11 is 5.84. The number of rotatable bonds is 5. The summed E-state index contributed by atoms with van der Waals surface area (Å²) in [6.07, 6.45) is 5.86. The Morgan fingerprint density at radius 3 is 2.71 bits per heavy atom. The summed E-state index contributed by atoms with van der Waals surface area (Å²) in [4.78, 5) is 48.3. The van der Waals surface area contributed by atoms with Gasteiger partial charge in [0, 0.05) is 56.3 Å². The molecule has 0 aliphatic carbocycles. The molecule has 0 saturated carbocycles. The van der Waals surface area contributed by atoms with Gasteiger partial charge in [-0.25, -0.2) is 14.2 Å². The molecule has 0 radical (unpaired) electrons. The topological polar surface area (TPSA) is 118 Å². The van der Waals surface area contributed by atoms with Gasteiger partial charge in [0.25, 0.3) is 5.56 Å². The molecule has 0 bridgehead atoms. The van der Waals surface area contributed by atoms with Crippen molar-refractivity contribution in [2.45, 2.75) is 18.6 Å². The molecule has 0 unspecified atom stereocenters. The van der Waals surface area contributed by atoms with Crippen molar-refractivity contribution < 1.29 is 18.7 Å². The normalized spacial score (nSPS) is 17.0. The molecule has 4 aromatic rings. The molecule has 0 spiro atoms. The van der Waals surface area contributed by atoms with Crippen LogP contribution >= 0.6 is 11.6 Å². The summed E-state index contributed by atoms with van der Waals surface area (Å²) in [7, 11) is 1.49. The van der Waals surface area contributed by atoms with Crippen molar-refractivity contribution in [2.75, 3.05) is 24.3 Å². The summed E-state index contributed by atoms with van der Waals surface area (Å²) in [6.45, 7) is 0.163. The highest BCUT2D eigenvalue weighted by molar-refractivity contribution is 6.30. The minimum Gasteiger partial charge on any atom is -0.380 e. The first-order valence-corrected chi connectivity index (χ1v) is 12.0. The number of benzene rings is 1. The summed E-state index contributed by atoms with van der Waals surface area (Å²) in [5.74, 6) is -1.05. The number of carbonyl (C=O) groups is 2. The number of ether oxygens (including phenoxy) is 1. The van der Waals surface area contributed by atoms with Gasteiger partial charge in [0.2, 0.25) is 5.91 Å². The van der Waals surface area contributed by atoms with E-state index in [0.717, 1.165) is 6.07 Å². The third-order valence-electron chi connectivity index (χ3n) is 6.31. The number of hydrogen-bond donors (Lipinski definition) is 2.